The Bertz CT molecular complexity index is 761. The van der Waals surface area contributed by atoms with E-state index in [1.54, 1.807) is 12.4 Å². The highest BCUT2D eigenvalue weighted by molar-refractivity contribution is 5.68. The average molecular weight is 368 g/mol. The SMILES string of the molecule is Cc1ncc(C(CCCCCCc2ccc3c(n2)NCC3)CC(=O)O)cn1. The summed E-state index contributed by atoms with van der Waals surface area (Å²) in [6, 6.07) is 4.34. The van der Waals surface area contributed by atoms with E-state index in [-0.39, 0.29) is 12.3 Å². The summed E-state index contributed by atoms with van der Waals surface area (Å²) < 4.78 is 0. The van der Waals surface area contributed by atoms with Gasteiger partial charge in [-0.1, -0.05) is 25.3 Å². The number of rotatable bonds is 10. The largest absolute Gasteiger partial charge is 0.481 e. The highest BCUT2D eigenvalue weighted by atomic mass is 16.4. The molecule has 3 heterocycles. The lowest BCUT2D eigenvalue weighted by Gasteiger charge is -2.14. The number of carboxylic acid groups (broad SMARTS) is 1. The Labute approximate surface area is 160 Å². The first kappa shape index (κ1) is 19.3. The van der Waals surface area contributed by atoms with Gasteiger partial charge in [-0.25, -0.2) is 15.0 Å². The van der Waals surface area contributed by atoms with Crippen LogP contribution in [0.3, 0.4) is 0 Å². The van der Waals surface area contributed by atoms with Crippen molar-refractivity contribution in [2.45, 2.75) is 64.2 Å². The first-order valence-electron chi connectivity index (χ1n) is 9.85. The second kappa shape index (κ2) is 9.44. The molecule has 27 heavy (non-hydrogen) atoms. The highest BCUT2D eigenvalue weighted by Crippen LogP contribution is 2.26. The van der Waals surface area contributed by atoms with Gasteiger partial charge >= 0.3 is 5.97 Å². The molecule has 0 fully saturated rings. The lowest BCUT2D eigenvalue weighted by atomic mass is 9.92. The summed E-state index contributed by atoms with van der Waals surface area (Å²) in [6.07, 6.45) is 11.0. The Morgan fingerprint density at radius 3 is 2.74 bits per heavy atom. The zero-order chi connectivity index (χ0) is 19.1. The van der Waals surface area contributed by atoms with E-state index in [1.807, 2.05) is 6.92 Å². The normalized spacial score (nSPS) is 13.8. The van der Waals surface area contributed by atoms with Gasteiger partial charge in [0.05, 0.1) is 6.42 Å². The van der Waals surface area contributed by atoms with Crippen molar-refractivity contribution < 1.29 is 9.90 Å². The fourth-order valence-electron chi connectivity index (χ4n) is 3.60. The summed E-state index contributed by atoms with van der Waals surface area (Å²) in [7, 11) is 0. The van der Waals surface area contributed by atoms with Crippen LogP contribution in [0.2, 0.25) is 0 Å². The summed E-state index contributed by atoms with van der Waals surface area (Å²) >= 11 is 0. The van der Waals surface area contributed by atoms with Crippen LogP contribution in [-0.2, 0) is 17.6 Å². The number of carboxylic acids is 1. The molecule has 0 radical (unpaired) electrons. The molecular weight excluding hydrogens is 340 g/mol. The van der Waals surface area contributed by atoms with E-state index >= 15 is 0 Å². The fourth-order valence-corrected chi connectivity index (χ4v) is 3.60. The number of aliphatic carboxylic acids is 1. The molecule has 0 spiro atoms. The summed E-state index contributed by atoms with van der Waals surface area (Å²) in [5, 5.41) is 12.5. The molecule has 1 aliphatic heterocycles. The number of hydrogen-bond acceptors (Lipinski definition) is 5. The number of anilines is 1. The van der Waals surface area contributed by atoms with Gasteiger partial charge in [-0.15, -0.1) is 0 Å². The minimum atomic E-state index is -0.767. The number of aryl methyl sites for hydroxylation is 2. The number of nitrogens with one attached hydrogen (secondary N) is 1. The molecule has 0 saturated heterocycles. The molecule has 0 amide bonds. The van der Waals surface area contributed by atoms with Crippen LogP contribution in [0.5, 0.6) is 0 Å². The fraction of sp³-hybridized carbons (Fsp3) is 0.524. The molecular formula is C21H28N4O2. The van der Waals surface area contributed by atoms with Gasteiger partial charge in [0.15, 0.2) is 0 Å². The lowest BCUT2D eigenvalue weighted by molar-refractivity contribution is -0.137. The minimum absolute atomic E-state index is 0.00690. The average Bonchev–Trinajstić information content (AvgIpc) is 3.11. The van der Waals surface area contributed by atoms with Crippen LogP contribution in [0.25, 0.3) is 0 Å². The van der Waals surface area contributed by atoms with E-state index in [9.17, 15) is 9.90 Å². The van der Waals surface area contributed by atoms with Crippen molar-refractivity contribution in [3.05, 3.63) is 47.2 Å². The zero-order valence-electron chi connectivity index (χ0n) is 15.9. The van der Waals surface area contributed by atoms with Gasteiger partial charge in [0, 0.05) is 24.6 Å². The maximum absolute atomic E-state index is 11.2. The van der Waals surface area contributed by atoms with E-state index in [0.717, 1.165) is 68.6 Å². The van der Waals surface area contributed by atoms with E-state index in [1.165, 1.54) is 5.56 Å². The van der Waals surface area contributed by atoms with Crippen LogP contribution >= 0.6 is 0 Å². The summed E-state index contributed by atoms with van der Waals surface area (Å²) in [5.41, 5.74) is 3.41. The maximum atomic E-state index is 11.2. The quantitative estimate of drug-likeness (QED) is 0.618. The molecule has 2 aromatic rings. The van der Waals surface area contributed by atoms with Gasteiger partial charge in [0.2, 0.25) is 0 Å². The number of aromatic nitrogens is 3. The molecule has 1 atom stereocenters. The van der Waals surface area contributed by atoms with Gasteiger partial charge < -0.3 is 10.4 Å². The molecule has 1 aliphatic rings. The molecule has 6 nitrogen and oxygen atoms in total. The highest BCUT2D eigenvalue weighted by Gasteiger charge is 2.16. The minimum Gasteiger partial charge on any atom is -0.481 e. The number of unbranched alkanes of at least 4 members (excludes halogenated alkanes) is 3. The van der Waals surface area contributed by atoms with E-state index in [0.29, 0.717) is 5.82 Å². The smallest absolute Gasteiger partial charge is 0.303 e. The maximum Gasteiger partial charge on any atom is 0.303 e. The number of hydrogen-bond donors (Lipinski definition) is 2. The Kier molecular flexibility index (Phi) is 6.74. The molecule has 144 valence electrons. The molecule has 3 rings (SSSR count). The summed E-state index contributed by atoms with van der Waals surface area (Å²) in [4.78, 5) is 24.3. The molecule has 1 unspecified atom stereocenters. The van der Waals surface area contributed by atoms with E-state index in [4.69, 9.17) is 0 Å². The second-order valence-electron chi connectivity index (χ2n) is 7.30. The summed E-state index contributed by atoms with van der Waals surface area (Å²) in [5.74, 6) is 0.997. The standard InChI is InChI=1S/C21H28N4O2/c1-15-23-13-18(14-24-15)17(12-20(26)27)6-4-2-3-5-7-19-9-8-16-10-11-22-21(16)25-19/h8-9,13-14,17H,2-7,10-12H2,1H3,(H,22,25)(H,26,27). The van der Waals surface area contributed by atoms with Crippen LogP contribution in [0.15, 0.2) is 24.5 Å². The van der Waals surface area contributed by atoms with Gasteiger partial charge in [-0.3, -0.25) is 4.79 Å². The van der Waals surface area contributed by atoms with Crippen LogP contribution in [0, 0.1) is 6.92 Å². The van der Waals surface area contributed by atoms with Crippen molar-refractivity contribution >= 4 is 11.8 Å². The predicted octanol–water partition coefficient (Wildman–Crippen LogP) is 3.90. The zero-order valence-corrected chi connectivity index (χ0v) is 15.9. The molecule has 0 aliphatic carbocycles. The lowest BCUT2D eigenvalue weighted by Crippen LogP contribution is -2.08. The molecule has 6 heteroatoms. The van der Waals surface area contributed by atoms with Gasteiger partial charge in [0.25, 0.3) is 0 Å². The Morgan fingerprint density at radius 2 is 1.96 bits per heavy atom. The predicted molar refractivity (Wildman–Crippen MR) is 105 cm³/mol. The Balaban J connectivity index is 1.39. The van der Waals surface area contributed by atoms with Crippen molar-refractivity contribution in [1.82, 2.24) is 15.0 Å². The van der Waals surface area contributed by atoms with Gasteiger partial charge in [0.1, 0.15) is 11.6 Å². The van der Waals surface area contributed by atoms with Crippen LogP contribution in [0.1, 0.15) is 67.1 Å². The number of nitrogens with zero attached hydrogens (tertiary/aromatic N) is 3. The number of carbonyl (C=O) groups is 1. The molecule has 2 aromatic heterocycles. The third-order valence-electron chi connectivity index (χ3n) is 5.15. The van der Waals surface area contributed by atoms with Crippen molar-refractivity contribution in [3.63, 3.8) is 0 Å². The van der Waals surface area contributed by atoms with Crippen LogP contribution in [0.4, 0.5) is 5.82 Å². The third-order valence-corrected chi connectivity index (χ3v) is 5.15. The molecule has 0 aromatic carbocycles. The molecule has 0 saturated carbocycles. The third kappa shape index (κ3) is 5.74. The topological polar surface area (TPSA) is 88.0 Å². The molecule has 0 bridgehead atoms. The number of pyridine rings is 1. The van der Waals surface area contributed by atoms with Crippen LogP contribution in [-0.4, -0.2) is 32.6 Å². The van der Waals surface area contributed by atoms with E-state index < -0.39 is 5.97 Å². The van der Waals surface area contributed by atoms with E-state index in [2.05, 4.69) is 32.4 Å². The van der Waals surface area contributed by atoms with Gasteiger partial charge in [-0.05, 0) is 55.7 Å². The number of fused-ring (bicyclic) bond motifs is 1. The van der Waals surface area contributed by atoms with Crippen molar-refractivity contribution in [1.29, 1.82) is 0 Å². The van der Waals surface area contributed by atoms with Crippen LogP contribution < -0.4 is 5.32 Å². The first-order chi connectivity index (χ1) is 13.1. The van der Waals surface area contributed by atoms with Crippen molar-refractivity contribution in [2.75, 3.05) is 11.9 Å². The Morgan fingerprint density at radius 1 is 1.19 bits per heavy atom. The monoisotopic (exact) mass is 368 g/mol. The Hall–Kier alpha value is -2.50. The first-order valence-corrected chi connectivity index (χ1v) is 9.85. The second-order valence-corrected chi connectivity index (χ2v) is 7.30. The van der Waals surface area contributed by atoms with Crippen molar-refractivity contribution in [2.24, 2.45) is 0 Å². The summed E-state index contributed by atoms with van der Waals surface area (Å²) in [6.45, 7) is 2.83. The van der Waals surface area contributed by atoms with Gasteiger partial charge in [-0.2, -0.15) is 0 Å². The molecule has 2 N–H and O–H groups in total. The van der Waals surface area contributed by atoms with Crippen molar-refractivity contribution in [3.8, 4) is 0 Å².